The molecule has 2 amide bonds. The van der Waals surface area contributed by atoms with Crippen LogP contribution in [0.4, 0.5) is 9.59 Å². The molecule has 0 unspecified atom stereocenters. The van der Waals surface area contributed by atoms with E-state index in [2.05, 4.69) is 64.4 Å². The maximum atomic E-state index is 9.04. The molecule has 4 nitrogen and oxygen atoms in total. The van der Waals surface area contributed by atoms with Gasteiger partial charge >= 0.3 is 19.5 Å². The Morgan fingerprint density at radius 1 is 0.765 bits per heavy atom. The summed E-state index contributed by atoms with van der Waals surface area (Å²) in [6, 6.07) is 0. The standard InChI is InChI=1S/2C4H10.2CH3NOS.Zn/c2*1-3-4-2;2*2-1(3)4;/h2*3-4H2,1-2H3;2*(H3,2,3,4);/q;;;;+2/p-2. The maximum absolute atomic E-state index is 9.04. The number of hydrogen-bond acceptors (Lipinski definition) is 4. The third-order valence-electron chi connectivity index (χ3n) is 1.000. The molecule has 7 heteroatoms. The van der Waals surface area contributed by atoms with E-state index < -0.39 is 10.5 Å². The van der Waals surface area contributed by atoms with Crippen molar-refractivity contribution in [2.45, 2.75) is 53.4 Å². The molecule has 0 aromatic carbocycles. The Hall–Kier alpha value is 0.00338. The summed E-state index contributed by atoms with van der Waals surface area (Å²) in [6.45, 7) is 8.72. The van der Waals surface area contributed by atoms with Gasteiger partial charge in [-0.05, 0) is 0 Å². The molecule has 0 aliphatic carbocycles. The molecular formula is C10H24N2O2S2Zn. The fraction of sp³-hybridized carbons (Fsp3) is 0.800. The van der Waals surface area contributed by atoms with Crippen LogP contribution in [0, 0.1) is 0 Å². The first-order valence-corrected chi connectivity index (χ1v) is 6.04. The van der Waals surface area contributed by atoms with Gasteiger partial charge in [0.1, 0.15) is 0 Å². The minimum Gasteiger partial charge on any atom is -0.719 e. The summed E-state index contributed by atoms with van der Waals surface area (Å²) < 4.78 is 0. The van der Waals surface area contributed by atoms with Crippen molar-refractivity contribution in [2.75, 3.05) is 0 Å². The molecule has 0 fully saturated rings. The number of rotatable bonds is 2. The van der Waals surface area contributed by atoms with Gasteiger partial charge in [-0.2, -0.15) is 0 Å². The molecule has 0 atom stereocenters. The monoisotopic (exact) mass is 332 g/mol. The number of nitrogens with two attached hydrogens (primary N) is 2. The average molecular weight is 334 g/mol. The van der Waals surface area contributed by atoms with Crippen molar-refractivity contribution < 1.29 is 29.1 Å². The fourth-order valence-corrected chi connectivity index (χ4v) is 0. The van der Waals surface area contributed by atoms with Gasteiger partial charge in [0.2, 0.25) is 0 Å². The summed E-state index contributed by atoms with van der Waals surface area (Å²) in [6.07, 6.45) is 5.28. The first-order chi connectivity index (χ1) is 7.29. The van der Waals surface area contributed by atoms with Gasteiger partial charge in [-0.3, -0.25) is 0 Å². The second kappa shape index (κ2) is 36.0. The molecule has 0 saturated carbocycles. The van der Waals surface area contributed by atoms with E-state index in [1.54, 1.807) is 0 Å². The molecule has 0 bridgehead atoms. The van der Waals surface area contributed by atoms with Gasteiger partial charge in [0.05, 0.1) is 10.5 Å². The normalized spacial score (nSPS) is 6.35. The van der Waals surface area contributed by atoms with Crippen molar-refractivity contribution in [1.29, 1.82) is 0 Å². The van der Waals surface area contributed by atoms with E-state index in [4.69, 9.17) is 9.59 Å². The Kier molecular flexibility index (Phi) is 64.0. The van der Waals surface area contributed by atoms with Crippen LogP contribution in [0.5, 0.6) is 0 Å². The van der Waals surface area contributed by atoms with Crippen LogP contribution in [0.15, 0.2) is 0 Å². The summed E-state index contributed by atoms with van der Waals surface area (Å²) in [5.74, 6) is 0. The van der Waals surface area contributed by atoms with Crippen molar-refractivity contribution in [3.8, 4) is 0 Å². The van der Waals surface area contributed by atoms with E-state index >= 15 is 0 Å². The van der Waals surface area contributed by atoms with E-state index in [1.165, 1.54) is 25.7 Å². The number of unbranched alkanes of at least 4 members (excludes halogenated alkanes) is 2. The Morgan fingerprint density at radius 3 is 0.824 bits per heavy atom. The zero-order chi connectivity index (χ0) is 14.0. The van der Waals surface area contributed by atoms with E-state index in [9.17, 15) is 0 Å². The second-order valence-electron chi connectivity index (χ2n) is 2.64. The number of carbonyl (C=O) groups excluding carboxylic acids is 2. The molecule has 0 aromatic heterocycles. The van der Waals surface area contributed by atoms with Crippen molar-refractivity contribution >= 4 is 35.7 Å². The largest absolute Gasteiger partial charge is 2.00 e. The van der Waals surface area contributed by atoms with E-state index in [-0.39, 0.29) is 19.5 Å². The van der Waals surface area contributed by atoms with Crippen molar-refractivity contribution in [3.05, 3.63) is 0 Å². The van der Waals surface area contributed by atoms with Crippen molar-refractivity contribution in [1.82, 2.24) is 0 Å². The molecule has 0 radical (unpaired) electrons. The number of hydrogen-bond donors (Lipinski definition) is 2. The molecule has 0 aliphatic heterocycles. The van der Waals surface area contributed by atoms with Gasteiger partial charge < -0.3 is 46.3 Å². The zero-order valence-corrected chi connectivity index (χ0v) is 15.9. The van der Waals surface area contributed by atoms with Crippen LogP contribution in [0.3, 0.4) is 0 Å². The zero-order valence-electron chi connectivity index (χ0n) is 11.3. The van der Waals surface area contributed by atoms with Gasteiger partial charge in [-0.15, -0.1) is 0 Å². The number of amides is 2. The number of carbonyl (C=O) groups is 2. The molecule has 0 aromatic rings. The van der Waals surface area contributed by atoms with Gasteiger partial charge in [-0.25, -0.2) is 0 Å². The predicted molar refractivity (Wildman–Crippen MR) is 75.1 cm³/mol. The van der Waals surface area contributed by atoms with Gasteiger partial charge in [0.15, 0.2) is 0 Å². The van der Waals surface area contributed by atoms with E-state index in [0.29, 0.717) is 0 Å². The Morgan fingerprint density at radius 2 is 0.824 bits per heavy atom. The van der Waals surface area contributed by atoms with Crippen LogP contribution in [0.1, 0.15) is 53.4 Å². The predicted octanol–water partition coefficient (Wildman–Crippen LogP) is 2.83. The average Bonchev–Trinajstić information content (AvgIpc) is 2.16. The van der Waals surface area contributed by atoms with E-state index in [0.717, 1.165) is 0 Å². The molecule has 0 rings (SSSR count). The van der Waals surface area contributed by atoms with Crippen LogP contribution in [0.2, 0.25) is 0 Å². The third kappa shape index (κ3) is 782. The Bertz CT molecular complexity index is 122. The molecule has 4 N–H and O–H groups in total. The van der Waals surface area contributed by atoms with Crippen LogP contribution in [-0.2, 0) is 44.7 Å². The Balaban J connectivity index is -0.0000000369. The van der Waals surface area contributed by atoms with Gasteiger partial charge in [0.25, 0.3) is 0 Å². The summed E-state index contributed by atoms with van der Waals surface area (Å²) >= 11 is 7.52. The van der Waals surface area contributed by atoms with Gasteiger partial charge in [0, 0.05) is 0 Å². The van der Waals surface area contributed by atoms with Crippen LogP contribution >= 0.6 is 0 Å². The molecule has 100 valence electrons. The minimum absolute atomic E-state index is 0. The fourth-order valence-electron chi connectivity index (χ4n) is 0. The van der Waals surface area contributed by atoms with Gasteiger partial charge in [-0.1, -0.05) is 53.4 Å². The first-order valence-electron chi connectivity index (χ1n) is 5.22. The summed E-state index contributed by atoms with van der Waals surface area (Å²) in [7, 11) is 0. The van der Waals surface area contributed by atoms with Crippen LogP contribution in [-0.4, -0.2) is 10.5 Å². The maximum Gasteiger partial charge on any atom is 2.00 e. The van der Waals surface area contributed by atoms with Crippen molar-refractivity contribution in [2.24, 2.45) is 11.5 Å². The van der Waals surface area contributed by atoms with Crippen LogP contribution < -0.4 is 11.5 Å². The second-order valence-corrected chi connectivity index (χ2v) is 3.44. The molecule has 0 aliphatic rings. The molecule has 0 saturated heterocycles. The molecular weight excluding hydrogens is 310 g/mol. The minimum atomic E-state index is -0.750. The first kappa shape index (κ1) is 30.2. The number of primary amides is 2. The molecule has 0 heterocycles. The van der Waals surface area contributed by atoms with Crippen molar-refractivity contribution in [3.63, 3.8) is 0 Å². The topological polar surface area (TPSA) is 86.2 Å². The molecule has 0 spiro atoms. The van der Waals surface area contributed by atoms with Crippen LogP contribution in [0.25, 0.3) is 0 Å². The molecule has 17 heavy (non-hydrogen) atoms. The summed E-state index contributed by atoms with van der Waals surface area (Å²) in [5.41, 5.74) is 8.57. The third-order valence-corrected chi connectivity index (χ3v) is 1.000. The quantitative estimate of drug-likeness (QED) is 0.601. The smallest absolute Gasteiger partial charge is 0.719 e. The summed E-state index contributed by atoms with van der Waals surface area (Å²) in [5, 5.41) is -1.50. The SMILES string of the molecule is CCCC.CCCC.NC(=O)[S-].NC(=O)[S-].[Zn+2]. The summed E-state index contributed by atoms with van der Waals surface area (Å²) in [4.78, 5) is 18.1. The van der Waals surface area contributed by atoms with E-state index in [1.807, 2.05) is 0 Å². The Labute approximate surface area is 129 Å².